The molecule has 0 radical (unpaired) electrons. The van der Waals surface area contributed by atoms with Crippen LogP contribution in [0.1, 0.15) is 5.56 Å². The summed E-state index contributed by atoms with van der Waals surface area (Å²) < 4.78 is 24.0. The van der Waals surface area contributed by atoms with Gasteiger partial charge in [-0.05, 0) is 29.8 Å². The highest BCUT2D eigenvalue weighted by Crippen LogP contribution is 2.32. The molecule has 2 aromatic carbocycles. The monoisotopic (exact) mass is 358 g/mol. The van der Waals surface area contributed by atoms with E-state index in [9.17, 15) is 9.18 Å². The summed E-state index contributed by atoms with van der Waals surface area (Å²) in [6.45, 7) is 2.70. The van der Waals surface area contributed by atoms with Crippen molar-refractivity contribution in [2.75, 3.05) is 45.3 Å². The molecule has 5 nitrogen and oxygen atoms in total. The van der Waals surface area contributed by atoms with Crippen LogP contribution in [0.2, 0.25) is 0 Å². The van der Waals surface area contributed by atoms with Gasteiger partial charge in [-0.3, -0.25) is 4.79 Å². The number of amides is 1. The first-order valence-electron chi connectivity index (χ1n) is 8.60. The van der Waals surface area contributed by atoms with E-state index in [4.69, 9.17) is 9.47 Å². The molecule has 1 aliphatic rings. The van der Waals surface area contributed by atoms with Gasteiger partial charge in [0.15, 0.2) is 0 Å². The van der Waals surface area contributed by atoms with E-state index in [0.29, 0.717) is 18.7 Å². The van der Waals surface area contributed by atoms with Crippen LogP contribution in [0.4, 0.5) is 10.1 Å². The number of piperazine rings is 1. The van der Waals surface area contributed by atoms with Crippen molar-refractivity contribution in [3.05, 3.63) is 53.8 Å². The third-order valence-electron chi connectivity index (χ3n) is 4.60. The second kappa shape index (κ2) is 8.08. The number of nitrogens with zero attached hydrogens (tertiary/aromatic N) is 2. The number of hydrogen-bond acceptors (Lipinski definition) is 4. The maximum absolute atomic E-state index is 13.3. The van der Waals surface area contributed by atoms with E-state index in [-0.39, 0.29) is 18.1 Å². The highest BCUT2D eigenvalue weighted by atomic mass is 19.1. The number of anilines is 1. The van der Waals surface area contributed by atoms with Crippen molar-refractivity contribution in [2.24, 2.45) is 0 Å². The van der Waals surface area contributed by atoms with Gasteiger partial charge in [-0.15, -0.1) is 0 Å². The van der Waals surface area contributed by atoms with Gasteiger partial charge in [0.1, 0.15) is 17.3 Å². The molecule has 2 aromatic rings. The molecule has 0 bridgehead atoms. The molecular weight excluding hydrogens is 335 g/mol. The smallest absolute Gasteiger partial charge is 0.227 e. The standard InChI is InChI=1S/C20H23FN2O3/c1-25-17-6-7-18(19(14-17)26-2)22-8-10-23(11-9-22)20(24)13-15-4-3-5-16(21)12-15/h3-7,12,14H,8-11,13H2,1-2H3. The maximum atomic E-state index is 13.3. The molecule has 1 saturated heterocycles. The molecule has 26 heavy (non-hydrogen) atoms. The van der Waals surface area contributed by atoms with Crippen molar-refractivity contribution < 1.29 is 18.7 Å². The summed E-state index contributed by atoms with van der Waals surface area (Å²) in [7, 11) is 3.26. The van der Waals surface area contributed by atoms with Crippen molar-refractivity contribution in [3.8, 4) is 11.5 Å². The van der Waals surface area contributed by atoms with Crippen LogP contribution in [0.5, 0.6) is 11.5 Å². The van der Waals surface area contributed by atoms with Crippen molar-refractivity contribution in [3.63, 3.8) is 0 Å². The van der Waals surface area contributed by atoms with Gasteiger partial charge in [0.25, 0.3) is 0 Å². The van der Waals surface area contributed by atoms with E-state index < -0.39 is 0 Å². The Bertz CT molecular complexity index is 773. The minimum Gasteiger partial charge on any atom is -0.497 e. The molecule has 0 unspecified atom stereocenters. The van der Waals surface area contributed by atoms with Crippen molar-refractivity contribution >= 4 is 11.6 Å². The van der Waals surface area contributed by atoms with E-state index in [1.165, 1.54) is 12.1 Å². The van der Waals surface area contributed by atoms with Gasteiger partial charge in [-0.1, -0.05) is 12.1 Å². The van der Waals surface area contributed by atoms with Crippen LogP contribution >= 0.6 is 0 Å². The Labute approximate surface area is 152 Å². The normalized spacial score (nSPS) is 14.3. The summed E-state index contributed by atoms with van der Waals surface area (Å²) in [5.74, 6) is 1.21. The van der Waals surface area contributed by atoms with Crippen LogP contribution in [0.3, 0.4) is 0 Å². The molecule has 0 atom stereocenters. The second-order valence-electron chi connectivity index (χ2n) is 6.21. The fourth-order valence-electron chi connectivity index (χ4n) is 3.18. The van der Waals surface area contributed by atoms with Crippen molar-refractivity contribution in [2.45, 2.75) is 6.42 Å². The summed E-state index contributed by atoms with van der Waals surface area (Å²) in [5, 5.41) is 0. The molecule has 3 rings (SSSR count). The summed E-state index contributed by atoms with van der Waals surface area (Å²) in [6, 6.07) is 11.9. The largest absolute Gasteiger partial charge is 0.497 e. The maximum Gasteiger partial charge on any atom is 0.227 e. The number of ether oxygens (including phenoxy) is 2. The zero-order valence-electron chi connectivity index (χ0n) is 15.1. The zero-order chi connectivity index (χ0) is 18.5. The van der Waals surface area contributed by atoms with Gasteiger partial charge in [-0.25, -0.2) is 4.39 Å². The van der Waals surface area contributed by atoms with Gasteiger partial charge >= 0.3 is 0 Å². The Hall–Kier alpha value is -2.76. The summed E-state index contributed by atoms with van der Waals surface area (Å²) in [5.41, 5.74) is 1.69. The fraction of sp³-hybridized carbons (Fsp3) is 0.350. The summed E-state index contributed by atoms with van der Waals surface area (Å²) in [6.07, 6.45) is 0.226. The topological polar surface area (TPSA) is 42.0 Å². The lowest BCUT2D eigenvalue weighted by atomic mass is 10.1. The Morgan fingerprint density at radius 3 is 2.46 bits per heavy atom. The first kappa shape index (κ1) is 18.0. The average Bonchev–Trinajstić information content (AvgIpc) is 2.67. The molecule has 1 fully saturated rings. The van der Waals surface area contributed by atoms with Crippen LogP contribution in [0.15, 0.2) is 42.5 Å². The molecule has 138 valence electrons. The molecule has 6 heteroatoms. The third-order valence-corrected chi connectivity index (χ3v) is 4.60. The lowest BCUT2D eigenvalue weighted by Gasteiger charge is -2.36. The minimum absolute atomic E-state index is 0.0249. The van der Waals surface area contributed by atoms with E-state index in [1.807, 2.05) is 23.1 Å². The molecule has 1 amide bonds. The van der Waals surface area contributed by atoms with Crippen LogP contribution in [-0.2, 0) is 11.2 Å². The molecule has 0 saturated carbocycles. The Morgan fingerprint density at radius 1 is 1.04 bits per heavy atom. The molecule has 1 heterocycles. The van der Waals surface area contributed by atoms with Crippen molar-refractivity contribution in [1.29, 1.82) is 0 Å². The van der Waals surface area contributed by atoms with E-state index >= 15 is 0 Å². The quantitative estimate of drug-likeness (QED) is 0.824. The van der Waals surface area contributed by atoms with Crippen LogP contribution in [0.25, 0.3) is 0 Å². The van der Waals surface area contributed by atoms with Gasteiger partial charge < -0.3 is 19.3 Å². The number of carbonyl (C=O) groups is 1. The molecule has 1 aliphatic heterocycles. The van der Waals surface area contributed by atoms with Gasteiger partial charge in [-0.2, -0.15) is 0 Å². The Balaban J connectivity index is 1.61. The predicted molar refractivity (Wildman–Crippen MR) is 98.4 cm³/mol. The predicted octanol–water partition coefficient (Wildman–Crippen LogP) is 2.73. The number of benzene rings is 2. The lowest BCUT2D eigenvalue weighted by molar-refractivity contribution is -0.130. The lowest BCUT2D eigenvalue weighted by Crippen LogP contribution is -2.49. The Morgan fingerprint density at radius 2 is 1.81 bits per heavy atom. The molecular formula is C20H23FN2O3. The number of halogens is 1. The first-order chi connectivity index (χ1) is 12.6. The van der Waals surface area contributed by atoms with Crippen LogP contribution in [0, 0.1) is 5.82 Å². The number of methoxy groups -OCH3 is 2. The summed E-state index contributed by atoms with van der Waals surface area (Å²) >= 11 is 0. The highest BCUT2D eigenvalue weighted by Gasteiger charge is 2.23. The molecule has 0 N–H and O–H groups in total. The van der Waals surface area contributed by atoms with Crippen LogP contribution in [-0.4, -0.2) is 51.2 Å². The number of rotatable bonds is 5. The Kier molecular flexibility index (Phi) is 5.61. The van der Waals surface area contributed by atoms with Gasteiger partial charge in [0.2, 0.25) is 5.91 Å². The SMILES string of the molecule is COc1ccc(N2CCN(C(=O)Cc3cccc(F)c3)CC2)c(OC)c1. The van der Waals surface area contributed by atoms with Crippen LogP contribution < -0.4 is 14.4 Å². The summed E-state index contributed by atoms with van der Waals surface area (Å²) in [4.78, 5) is 16.5. The highest BCUT2D eigenvalue weighted by molar-refractivity contribution is 5.79. The first-order valence-corrected chi connectivity index (χ1v) is 8.60. The third kappa shape index (κ3) is 4.07. The van der Waals surface area contributed by atoms with Crippen molar-refractivity contribution in [1.82, 2.24) is 4.90 Å². The number of carbonyl (C=O) groups excluding carboxylic acids is 1. The fourth-order valence-corrected chi connectivity index (χ4v) is 3.18. The van der Waals surface area contributed by atoms with E-state index in [2.05, 4.69) is 4.90 Å². The second-order valence-corrected chi connectivity index (χ2v) is 6.21. The van der Waals surface area contributed by atoms with Gasteiger partial charge in [0.05, 0.1) is 26.3 Å². The van der Waals surface area contributed by atoms with E-state index in [0.717, 1.165) is 30.3 Å². The molecule has 0 spiro atoms. The van der Waals surface area contributed by atoms with E-state index in [1.54, 1.807) is 26.4 Å². The van der Waals surface area contributed by atoms with Gasteiger partial charge in [0, 0.05) is 32.2 Å². The minimum atomic E-state index is -0.313. The number of hydrogen-bond donors (Lipinski definition) is 0. The zero-order valence-corrected chi connectivity index (χ0v) is 15.1. The molecule has 0 aliphatic carbocycles. The average molecular weight is 358 g/mol. The molecule has 0 aromatic heterocycles.